The maximum atomic E-state index is 6.38. The van der Waals surface area contributed by atoms with Crippen LogP contribution in [0.15, 0.2) is 12.4 Å². The molecule has 0 unspecified atom stereocenters. The van der Waals surface area contributed by atoms with E-state index in [4.69, 9.17) is 28.9 Å². The Morgan fingerprint density at radius 1 is 1.22 bits per heavy atom. The summed E-state index contributed by atoms with van der Waals surface area (Å²) < 4.78 is 1.95. The van der Waals surface area contributed by atoms with Crippen LogP contribution >= 0.6 is 23.2 Å². The highest BCUT2D eigenvalue weighted by Gasteiger charge is 2.16. The number of rotatable bonds is 4. The summed E-state index contributed by atoms with van der Waals surface area (Å²) in [5.74, 6) is 6.53. The van der Waals surface area contributed by atoms with Crippen molar-refractivity contribution in [3.63, 3.8) is 0 Å². The van der Waals surface area contributed by atoms with E-state index in [-0.39, 0.29) is 5.95 Å². The number of aryl methyl sites for hydroxylation is 1. The molecule has 0 saturated carbocycles. The number of unbranched alkanes of at least 4 members (excludes halogenated alkanes) is 2. The predicted octanol–water partition coefficient (Wildman–Crippen LogP) is 4.92. The van der Waals surface area contributed by atoms with E-state index in [0.29, 0.717) is 22.7 Å². The summed E-state index contributed by atoms with van der Waals surface area (Å²) in [6.07, 6.45) is 6.71. The Kier molecular flexibility index (Phi) is 5.88. The molecule has 0 bridgehead atoms. The zero-order chi connectivity index (χ0) is 19.6. The number of hydrogen-bond acceptors (Lipinski definition) is 4. The van der Waals surface area contributed by atoms with Gasteiger partial charge in [-0.3, -0.25) is 4.98 Å². The Morgan fingerprint density at radius 2 is 2.00 bits per heavy atom. The highest BCUT2D eigenvalue weighted by molar-refractivity contribution is 6.34. The van der Waals surface area contributed by atoms with Gasteiger partial charge in [-0.15, -0.1) is 0 Å². The van der Waals surface area contributed by atoms with E-state index in [1.165, 1.54) is 0 Å². The molecule has 0 aliphatic rings. The number of anilines is 1. The van der Waals surface area contributed by atoms with Crippen LogP contribution in [-0.2, 0) is 6.54 Å². The molecule has 140 valence electrons. The number of nitrogens with two attached hydrogens (primary N) is 1. The predicted molar refractivity (Wildman–Crippen MR) is 111 cm³/mol. The highest BCUT2D eigenvalue weighted by Crippen LogP contribution is 2.28. The molecule has 0 amide bonds. The number of hydrogen-bond donors (Lipinski definition) is 1. The Morgan fingerprint density at radius 3 is 2.74 bits per heavy atom. The number of aromatic nitrogens is 4. The van der Waals surface area contributed by atoms with Crippen molar-refractivity contribution in [1.29, 1.82) is 0 Å². The van der Waals surface area contributed by atoms with Crippen LogP contribution in [0.2, 0.25) is 10.2 Å². The van der Waals surface area contributed by atoms with Crippen molar-refractivity contribution in [2.45, 2.75) is 46.6 Å². The van der Waals surface area contributed by atoms with E-state index in [9.17, 15) is 0 Å². The minimum atomic E-state index is 0.129. The zero-order valence-electron chi connectivity index (χ0n) is 15.6. The molecule has 0 radical (unpaired) electrons. The van der Waals surface area contributed by atoms with E-state index < -0.39 is 0 Å². The van der Waals surface area contributed by atoms with Gasteiger partial charge in [-0.05, 0) is 31.4 Å². The summed E-state index contributed by atoms with van der Waals surface area (Å²) in [6, 6.07) is 0. The number of nitrogens with zero attached hydrogens (tertiary/aromatic N) is 4. The first-order valence-corrected chi connectivity index (χ1v) is 9.59. The fourth-order valence-corrected chi connectivity index (χ4v) is 3.30. The van der Waals surface area contributed by atoms with Gasteiger partial charge in [-0.1, -0.05) is 48.4 Å². The molecular weight excluding hydrogens is 381 g/mol. The molecule has 3 heterocycles. The van der Waals surface area contributed by atoms with Gasteiger partial charge >= 0.3 is 0 Å². The van der Waals surface area contributed by atoms with Gasteiger partial charge in [-0.2, -0.15) is 4.98 Å². The number of pyridine rings is 1. The molecule has 2 N–H and O–H groups in total. The standard InChI is InChI=1S/C20H21Cl2N5/c1-4-5-6-7-8-14-10-27(19-16(14)18(22)25-20(23)26-19)11-15-13(3)17(21)12(2)9-24-15/h9-10H,4-6,11H2,1-3H3,(H2,23,25,26). The molecule has 27 heavy (non-hydrogen) atoms. The van der Waals surface area contributed by atoms with Gasteiger partial charge in [0.15, 0.2) is 0 Å². The Balaban J connectivity index is 2.10. The second-order valence-electron chi connectivity index (χ2n) is 6.47. The molecule has 3 aromatic rings. The summed E-state index contributed by atoms with van der Waals surface area (Å²) >= 11 is 12.7. The number of fused-ring (bicyclic) bond motifs is 1. The maximum absolute atomic E-state index is 6.38. The topological polar surface area (TPSA) is 69.6 Å². The molecule has 0 saturated heterocycles. The minimum absolute atomic E-state index is 0.129. The fourth-order valence-electron chi connectivity index (χ4n) is 2.87. The SMILES string of the molecule is CCCCC#Cc1cn(Cc2ncc(C)c(Cl)c2C)c2nc(N)nc(Cl)c12. The monoisotopic (exact) mass is 401 g/mol. The Labute approximate surface area is 168 Å². The first-order valence-electron chi connectivity index (χ1n) is 8.83. The van der Waals surface area contributed by atoms with Crippen molar-refractivity contribution >= 4 is 40.2 Å². The van der Waals surface area contributed by atoms with E-state index in [2.05, 4.69) is 33.7 Å². The third kappa shape index (κ3) is 4.02. The average Bonchev–Trinajstić information content (AvgIpc) is 2.97. The summed E-state index contributed by atoms with van der Waals surface area (Å²) in [5.41, 5.74) is 10.0. The van der Waals surface area contributed by atoms with E-state index in [1.54, 1.807) is 6.20 Å². The highest BCUT2D eigenvalue weighted by atomic mass is 35.5. The summed E-state index contributed by atoms with van der Waals surface area (Å²) in [4.78, 5) is 13.0. The summed E-state index contributed by atoms with van der Waals surface area (Å²) in [5, 5.41) is 1.75. The molecule has 0 aromatic carbocycles. The van der Waals surface area contributed by atoms with Crippen LogP contribution in [0.3, 0.4) is 0 Å². The lowest BCUT2D eigenvalue weighted by Crippen LogP contribution is -2.06. The second-order valence-corrected chi connectivity index (χ2v) is 7.21. The van der Waals surface area contributed by atoms with Gasteiger partial charge in [0.2, 0.25) is 5.95 Å². The van der Waals surface area contributed by atoms with Crippen LogP contribution in [0, 0.1) is 25.7 Å². The van der Waals surface area contributed by atoms with Crippen molar-refractivity contribution in [1.82, 2.24) is 19.5 Å². The average molecular weight is 402 g/mol. The first-order chi connectivity index (χ1) is 12.9. The third-order valence-electron chi connectivity index (χ3n) is 4.41. The van der Waals surface area contributed by atoms with Gasteiger partial charge in [0.05, 0.1) is 23.2 Å². The van der Waals surface area contributed by atoms with Crippen LogP contribution in [0.4, 0.5) is 5.95 Å². The molecular formula is C20H21Cl2N5. The number of nitrogen functional groups attached to an aromatic ring is 1. The lowest BCUT2D eigenvalue weighted by atomic mass is 10.1. The fraction of sp³-hybridized carbons (Fsp3) is 0.350. The van der Waals surface area contributed by atoms with Crippen LogP contribution in [0.1, 0.15) is 48.6 Å². The lowest BCUT2D eigenvalue weighted by Gasteiger charge is -2.10. The Bertz CT molecular complexity index is 1060. The number of halogens is 2. The molecule has 0 spiro atoms. The van der Waals surface area contributed by atoms with Gasteiger partial charge in [-0.25, -0.2) is 4.98 Å². The summed E-state index contributed by atoms with van der Waals surface area (Å²) in [7, 11) is 0. The molecule has 0 atom stereocenters. The second kappa shape index (κ2) is 8.16. The van der Waals surface area contributed by atoms with Crippen molar-refractivity contribution < 1.29 is 0 Å². The van der Waals surface area contributed by atoms with Crippen molar-refractivity contribution in [3.8, 4) is 11.8 Å². The van der Waals surface area contributed by atoms with Crippen LogP contribution in [0.5, 0.6) is 0 Å². The minimum Gasteiger partial charge on any atom is -0.368 e. The summed E-state index contributed by atoms with van der Waals surface area (Å²) in [6.45, 7) is 6.54. The van der Waals surface area contributed by atoms with E-state index in [1.807, 2.05) is 24.6 Å². The van der Waals surface area contributed by atoms with Crippen molar-refractivity contribution in [2.24, 2.45) is 0 Å². The Hall–Kier alpha value is -2.29. The zero-order valence-corrected chi connectivity index (χ0v) is 17.1. The van der Waals surface area contributed by atoms with Crippen LogP contribution in [-0.4, -0.2) is 19.5 Å². The van der Waals surface area contributed by atoms with Gasteiger partial charge in [0, 0.05) is 23.8 Å². The van der Waals surface area contributed by atoms with Crippen molar-refractivity contribution in [3.05, 3.63) is 45.0 Å². The normalized spacial score (nSPS) is 10.9. The van der Waals surface area contributed by atoms with Crippen LogP contribution in [0.25, 0.3) is 11.0 Å². The molecule has 7 heteroatoms. The molecule has 3 aromatic heterocycles. The lowest BCUT2D eigenvalue weighted by molar-refractivity contribution is 0.788. The van der Waals surface area contributed by atoms with Crippen molar-refractivity contribution in [2.75, 3.05) is 5.73 Å². The maximum Gasteiger partial charge on any atom is 0.223 e. The van der Waals surface area contributed by atoms with E-state index >= 15 is 0 Å². The third-order valence-corrected chi connectivity index (χ3v) is 5.27. The molecule has 3 rings (SSSR count). The van der Waals surface area contributed by atoms with Crippen LogP contribution < -0.4 is 5.73 Å². The quantitative estimate of drug-likeness (QED) is 0.382. The smallest absolute Gasteiger partial charge is 0.223 e. The largest absolute Gasteiger partial charge is 0.368 e. The van der Waals surface area contributed by atoms with E-state index in [0.717, 1.165) is 46.7 Å². The molecule has 0 aliphatic carbocycles. The van der Waals surface area contributed by atoms with Gasteiger partial charge in [0.1, 0.15) is 10.8 Å². The molecule has 5 nitrogen and oxygen atoms in total. The van der Waals surface area contributed by atoms with Gasteiger partial charge in [0.25, 0.3) is 0 Å². The van der Waals surface area contributed by atoms with Gasteiger partial charge < -0.3 is 10.3 Å². The first kappa shape index (κ1) is 19.5. The molecule has 0 fully saturated rings. The molecule has 0 aliphatic heterocycles.